The predicted molar refractivity (Wildman–Crippen MR) is 37.3 cm³/mol. The first-order valence-corrected chi connectivity index (χ1v) is 3.39. The minimum atomic E-state index is 0.982. The van der Waals surface area contributed by atoms with E-state index in [1.165, 1.54) is 5.69 Å². The van der Waals surface area contributed by atoms with Gasteiger partial charge in [-0.1, -0.05) is 6.92 Å². The van der Waals surface area contributed by atoms with Crippen LogP contribution >= 0.6 is 0 Å². The third-order valence-corrected chi connectivity index (χ3v) is 1.47. The molecule has 0 unspecified atom stereocenters. The molecule has 0 fully saturated rings. The highest BCUT2D eigenvalue weighted by atomic mass is 15.3. The maximum atomic E-state index is 4.12. The van der Waals surface area contributed by atoms with Gasteiger partial charge in [-0.2, -0.15) is 5.10 Å². The maximum absolute atomic E-state index is 4.12. The molecule has 0 aliphatic rings. The summed E-state index contributed by atoms with van der Waals surface area (Å²) in [6, 6.07) is 2.06. The average Bonchev–Trinajstić information content (AvgIpc) is 2.33. The minimum Gasteiger partial charge on any atom is -0.270 e. The van der Waals surface area contributed by atoms with Crippen LogP contribution in [0.15, 0.2) is 12.3 Å². The Balaban J connectivity index is 2.85. The van der Waals surface area contributed by atoms with Crippen molar-refractivity contribution < 1.29 is 0 Å². The zero-order chi connectivity index (χ0) is 6.69. The molecular weight excluding hydrogens is 112 g/mol. The number of hydrogen-bond acceptors (Lipinski definition) is 1. The normalized spacial score (nSPS) is 10.0. The van der Waals surface area contributed by atoms with Crippen molar-refractivity contribution in [2.24, 2.45) is 0 Å². The van der Waals surface area contributed by atoms with Crippen LogP contribution < -0.4 is 0 Å². The predicted octanol–water partition coefficient (Wildman–Crippen LogP) is 1.47. The topological polar surface area (TPSA) is 17.8 Å². The van der Waals surface area contributed by atoms with E-state index in [1.807, 2.05) is 10.9 Å². The molecule has 1 rings (SSSR count). The Morgan fingerprint density at radius 3 is 2.78 bits per heavy atom. The summed E-state index contributed by atoms with van der Waals surface area (Å²) in [5.74, 6) is 0. The number of nitrogens with zero attached hydrogens (tertiary/aromatic N) is 2. The lowest BCUT2D eigenvalue weighted by Crippen LogP contribution is -2.00. The van der Waals surface area contributed by atoms with Crippen molar-refractivity contribution in [1.29, 1.82) is 0 Å². The molecule has 0 saturated carbocycles. The maximum Gasteiger partial charge on any atom is 0.0492 e. The van der Waals surface area contributed by atoms with Gasteiger partial charge in [0.2, 0.25) is 0 Å². The van der Waals surface area contributed by atoms with Gasteiger partial charge in [0.05, 0.1) is 0 Å². The van der Waals surface area contributed by atoms with Gasteiger partial charge in [-0.3, -0.25) is 4.68 Å². The Morgan fingerprint density at radius 2 is 2.33 bits per heavy atom. The van der Waals surface area contributed by atoms with Crippen molar-refractivity contribution in [2.75, 3.05) is 0 Å². The van der Waals surface area contributed by atoms with Gasteiger partial charge in [0.1, 0.15) is 0 Å². The summed E-state index contributed by atoms with van der Waals surface area (Å²) < 4.78 is 2.01. The van der Waals surface area contributed by atoms with Crippen LogP contribution in [-0.4, -0.2) is 9.78 Å². The number of aromatic nitrogens is 2. The zero-order valence-corrected chi connectivity index (χ0v) is 5.96. The van der Waals surface area contributed by atoms with Crippen LogP contribution in [0.5, 0.6) is 0 Å². The highest BCUT2D eigenvalue weighted by Gasteiger charge is 1.93. The van der Waals surface area contributed by atoms with E-state index < -0.39 is 0 Å². The molecule has 1 aromatic rings. The summed E-state index contributed by atoms with van der Waals surface area (Å²) in [5.41, 5.74) is 1.32. The summed E-state index contributed by atoms with van der Waals surface area (Å²) in [7, 11) is 0. The zero-order valence-electron chi connectivity index (χ0n) is 5.96. The molecule has 0 N–H and O–H groups in total. The Kier molecular flexibility index (Phi) is 1.88. The van der Waals surface area contributed by atoms with Crippen LogP contribution in [0.2, 0.25) is 0 Å². The fourth-order valence-corrected chi connectivity index (χ4v) is 0.945. The van der Waals surface area contributed by atoms with Crippen LogP contribution in [0.4, 0.5) is 0 Å². The van der Waals surface area contributed by atoms with Crippen LogP contribution in [0.1, 0.15) is 19.5 Å². The molecule has 2 nitrogen and oxygen atoms in total. The molecule has 0 radical (unpaired) electrons. The Bertz CT molecular complexity index is 160. The molecular formula is C7H12N2. The van der Waals surface area contributed by atoms with Gasteiger partial charge in [0.15, 0.2) is 0 Å². The van der Waals surface area contributed by atoms with Crippen LogP contribution in [-0.2, 0) is 13.0 Å². The lowest BCUT2D eigenvalue weighted by Gasteiger charge is -1.98. The second-order valence-electron chi connectivity index (χ2n) is 1.99. The van der Waals surface area contributed by atoms with E-state index in [4.69, 9.17) is 0 Å². The molecule has 1 aromatic heterocycles. The summed E-state index contributed by atoms with van der Waals surface area (Å²) in [4.78, 5) is 0. The van der Waals surface area contributed by atoms with E-state index >= 15 is 0 Å². The van der Waals surface area contributed by atoms with E-state index in [1.54, 1.807) is 0 Å². The molecule has 2 heteroatoms. The summed E-state index contributed by atoms with van der Waals surface area (Å²) >= 11 is 0. The quantitative estimate of drug-likeness (QED) is 0.583. The summed E-state index contributed by atoms with van der Waals surface area (Å²) in [6.07, 6.45) is 2.93. The van der Waals surface area contributed by atoms with Crippen LogP contribution in [0, 0.1) is 0 Å². The van der Waals surface area contributed by atoms with Gasteiger partial charge in [-0.25, -0.2) is 0 Å². The van der Waals surface area contributed by atoms with Crippen LogP contribution in [0.3, 0.4) is 0 Å². The van der Waals surface area contributed by atoms with Gasteiger partial charge in [-0.05, 0) is 19.4 Å². The molecule has 0 aliphatic heterocycles. The molecule has 0 atom stereocenters. The lowest BCUT2D eigenvalue weighted by atomic mass is 10.3. The monoisotopic (exact) mass is 124 g/mol. The van der Waals surface area contributed by atoms with E-state index in [9.17, 15) is 0 Å². The second-order valence-corrected chi connectivity index (χ2v) is 1.99. The van der Waals surface area contributed by atoms with E-state index in [0.29, 0.717) is 0 Å². The van der Waals surface area contributed by atoms with Crippen molar-refractivity contribution in [1.82, 2.24) is 9.78 Å². The summed E-state index contributed by atoms with van der Waals surface area (Å²) in [6.45, 7) is 5.23. The SMILES string of the molecule is CCc1ccnn1CC. The molecule has 0 spiro atoms. The van der Waals surface area contributed by atoms with E-state index in [-0.39, 0.29) is 0 Å². The highest BCUT2D eigenvalue weighted by Crippen LogP contribution is 1.97. The van der Waals surface area contributed by atoms with Gasteiger partial charge in [-0.15, -0.1) is 0 Å². The fraction of sp³-hybridized carbons (Fsp3) is 0.571. The van der Waals surface area contributed by atoms with Gasteiger partial charge in [0.25, 0.3) is 0 Å². The smallest absolute Gasteiger partial charge is 0.0492 e. The van der Waals surface area contributed by atoms with Gasteiger partial charge >= 0.3 is 0 Å². The number of hydrogen-bond donors (Lipinski definition) is 0. The summed E-state index contributed by atoms with van der Waals surface area (Å²) in [5, 5.41) is 4.12. The van der Waals surface area contributed by atoms with Crippen LogP contribution in [0.25, 0.3) is 0 Å². The van der Waals surface area contributed by atoms with E-state index in [0.717, 1.165) is 13.0 Å². The number of rotatable bonds is 2. The molecule has 1 heterocycles. The molecule has 0 saturated heterocycles. The van der Waals surface area contributed by atoms with E-state index in [2.05, 4.69) is 25.0 Å². The first-order chi connectivity index (χ1) is 4.38. The fourth-order valence-electron chi connectivity index (χ4n) is 0.945. The first kappa shape index (κ1) is 6.33. The molecule has 9 heavy (non-hydrogen) atoms. The molecule has 0 bridgehead atoms. The third kappa shape index (κ3) is 1.12. The van der Waals surface area contributed by atoms with Crippen molar-refractivity contribution in [3.63, 3.8) is 0 Å². The van der Waals surface area contributed by atoms with Crippen molar-refractivity contribution in [2.45, 2.75) is 26.8 Å². The largest absolute Gasteiger partial charge is 0.270 e. The van der Waals surface area contributed by atoms with Crippen molar-refractivity contribution in [3.05, 3.63) is 18.0 Å². The van der Waals surface area contributed by atoms with Crippen molar-refractivity contribution in [3.8, 4) is 0 Å². The van der Waals surface area contributed by atoms with Gasteiger partial charge < -0.3 is 0 Å². The second kappa shape index (κ2) is 2.67. The van der Waals surface area contributed by atoms with Crippen molar-refractivity contribution >= 4 is 0 Å². The third-order valence-electron chi connectivity index (χ3n) is 1.47. The average molecular weight is 124 g/mol. The minimum absolute atomic E-state index is 0.982. The Hall–Kier alpha value is -0.790. The molecule has 0 aliphatic carbocycles. The molecule has 0 aromatic carbocycles. The standard InChI is InChI=1S/C7H12N2/c1-3-7-5-6-8-9(7)4-2/h5-6H,3-4H2,1-2H3. The number of aryl methyl sites for hydroxylation is 2. The lowest BCUT2D eigenvalue weighted by molar-refractivity contribution is 0.626. The molecule has 50 valence electrons. The van der Waals surface area contributed by atoms with Gasteiger partial charge in [0, 0.05) is 18.4 Å². The highest BCUT2D eigenvalue weighted by molar-refractivity contribution is 4.99. The Morgan fingerprint density at radius 1 is 1.56 bits per heavy atom. The Labute approximate surface area is 55.5 Å². The molecule has 0 amide bonds. The first-order valence-electron chi connectivity index (χ1n) is 3.39.